The van der Waals surface area contributed by atoms with Crippen molar-refractivity contribution in [1.82, 2.24) is 5.32 Å². The molecule has 0 saturated heterocycles. The highest BCUT2D eigenvalue weighted by molar-refractivity contribution is 5.97. The predicted molar refractivity (Wildman–Crippen MR) is 95.4 cm³/mol. The fraction of sp³-hybridized carbons (Fsp3) is 0.526. The Morgan fingerprint density at radius 1 is 1.00 bits per heavy atom. The van der Waals surface area contributed by atoms with E-state index in [2.05, 4.69) is 10.6 Å². The number of carbonyl (C=O) groups is 3. The SMILES string of the molecule is CC(NC(=O)c1ccc(NC(=O)C2CCCCCCC2)cc1)C(=O)O. The number of carboxylic acids is 1. The average molecular weight is 346 g/mol. The molecule has 0 bridgehead atoms. The van der Waals surface area contributed by atoms with E-state index in [1.165, 1.54) is 26.2 Å². The second-order valence-electron chi connectivity index (χ2n) is 6.64. The molecule has 1 fully saturated rings. The largest absolute Gasteiger partial charge is 0.480 e. The maximum atomic E-state index is 12.4. The quantitative estimate of drug-likeness (QED) is 0.763. The first-order chi connectivity index (χ1) is 12.0. The van der Waals surface area contributed by atoms with Crippen LogP contribution in [0.1, 0.15) is 62.2 Å². The molecule has 0 spiro atoms. The van der Waals surface area contributed by atoms with Crippen LogP contribution in [0.2, 0.25) is 0 Å². The van der Waals surface area contributed by atoms with Gasteiger partial charge in [-0.25, -0.2) is 0 Å². The molecule has 0 aromatic heterocycles. The molecule has 1 unspecified atom stereocenters. The van der Waals surface area contributed by atoms with Crippen molar-refractivity contribution in [2.24, 2.45) is 5.92 Å². The van der Waals surface area contributed by atoms with E-state index in [1.54, 1.807) is 24.3 Å². The van der Waals surface area contributed by atoms with Crippen molar-refractivity contribution in [3.8, 4) is 0 Å². The number of hydrogen-bond acceptors (Lipinski definition) is 3. The van der Waals surface area contributed by atoms with Gasteiger partial charge >= 0.3 is 5.97 Å². The predicted octanol–water partition coefficient (Wildman–Crippen LogP) is 3.19. The van der Waals surface area contributed by atoms with E-state index in [0.29, 0.717) is 11.3 Å². The monoisotopic (exact) mass is 346 g/mol. The average Bonchev–Trinajstić information content (AvgIpc) is 2.54. The molecule has 6 nitrogen and oxygen atoms in total. The van der Waals surface area contributed by atoms with E-state index < -0.39 is 17.9 Å². The van der Waals surface area contributed by atoms with Crippen molar-refractivity contribution in [2.45, 2.75) is 57.9 Å². The standard InChI is InChI=1S/C19H26N2O4/c1-13(19(24)25)20-17(22)15-9-11-16(12-10-15)21-18(23)14-7-5-3-2-4-6-8-14/h9-14H,2-8H2,1H3,(H,20,22)(H,21,23)(H,24,25). The molecule has 2 amide bonds. The van der Waals surface area contributed by atoms with E-state index in [4.69, 9.17) is 5.11 Å². The number of aliphatic carboxylic acids is 1. The van der Waals surface area contributed by atoms with Crippen LogP contribution in [0, 0.1) is 5.92 Å². The zero-order valence-corrected chi connectivity index (χ0v) is 14.6. The first kappa shape index (κ1) is 19.0. The van der Waals surface area contributed by atoms with E-state index in [0.717, 1.165) is 25.7 Å². The first-order valence-electron chi connectivity index (χ1n) is 8.92. The highest BCUT2D eigenvalue weighted by atomic mass is 16.4. The fourth-order valence-electron chi connectivity index (χ4n) is 3.01. The van der Waals surface area contributed by atoms with E-state index >= 15 is 0 Å². The molecule has 1 aliphatic rings. The van der Waals surface area contributed by atoms with Crippen LogP contribution in [0.25, 0.3) is 0 Å². The fourth-order valence-corrected chi connectivity index (χ4v) is 3.01. The van der Waals surface area contributed by atoms with Gasteiger partial charge in [0.25, 0.3) is 5.91 Å². The van der Waals surface area contributed by atoms with Crippen LogP contribution in [0.15, 0.2) is 24.3 Å². The van der Waals surface area contributed by atoms with Gasteiger partial charge in [0.05, 0.1) is 0 Å². The van der Waals surface area contributed by atoms with Gasteiger partial charge in [-0.2, -0.15) is 0 Å². The number of nitrogens with one attached hydrogen (secondary N) is 2. The van der Waals surface area contributed by atoms with Crippen molar-refractivity contribution in [1.29, 1.82) is 0 Å². The minimum atomic E-state index is -1.09. The van der Waals surface area contributed by atoms with Crippen LogP contribution >= 0.6 is 0 Å². The van der Waals surface area contributed by atoms with Crippen molar-refractivity contribution < 1.29 is 19.5 Å². The number of amides is 2. The molecule has 0 heterocycles. The summed E-state index contributed by atoms with van der Waals surface area (Å²) in [6.07, 6.45) is 7.71. The maximum Gasteiger partial charge on any atom is 0.325 e. The molecule has 1 aromatic carbocycles. The minimum absolute atomic E-state index is 0.0404. The molecule has 0 aliphatic heterocycles. The summed E-state index contributed by atoms with van der Waals surface area (Å²) in [7, 11) is 0. The van der Waals surface area contributed by atoms with Gasteiger partial charge in [-0.1, -0.05) is 32.1 Å². The first-order valence-corrected chi connectivity index (χ1v) is 8.92. The lowest BCUT2D eigenvalue weighted by atomic mass is 9.90. The van der Waals surface area contributed by atoms with Crippen molar-refractivity contribution >= 4 is 23.5 Å². The Morgan fingerprint density at radius 2 is 1.56 bits per heavy atom. The molecule has 25 heavy (non-hydrogen) atoms. The Kier molecular flexibility index (Phi) is 6.98. The van der Waals surface area contributed by atoms with Crippen LogP contribution in [0.4, 0.5) is 5.69 Å². The normalized spacial score (nSPS) is 17.0. The van der Waals surface area contributed by atoms with Crippen molar-refractivity contribution in [2.75, 3.05) is 5.32 Å². The third-order valence-electron chi connectivity index (χ3n) is 4.61. The molecule has 6 heteroatoms. The van der Waals surface area contributed by atoms with Gasteiger partial charge in [0, 0.05) is 17.2 Å². The van der Waals surface area contributed by atoms with Crippen LogP contribution in [-0.2, 0) is 9.59 Å². The van der Waals surface area contributed by atoms with Gasteiger partial charge in [0.15, 0.2) is 0 Å². The lowest BCUT2D eigenvalue weighted by molar-refractivity contribution is -0.138. The number of rotatable bonds is 5. The summed E-state index contributed by atoms with van der Waals surface area (Å²) in [6, 6.07) is 5.55. The Hall–Kier alpha value is -2.37. The van der Waals surface area contributed by atoms with E-state index in [9.17, 15) is 14.4 Å². The molecule has 2 rings (SSSR count). The highest BCUT2D eigenvalue weighted by Crippen LogP contribution is 2.23. The topological polar surface area (TPSA) is 95.5 Å². The summed E-state index contributed by atoms with van der Waals surface area (Å²) >= 11 is 0. The van der Waals surface area contributed by atoms with Gasteiger partial charge in [-0.05, 0) is 44.0 Å². The Morgan fingerprint density at radius 3 is 2.12 bits per heavy atom. The minimum Gasteiger partial charge on any atom is -0.480 e. The third-order valence-corrected chi connectivity index (χ3v) is 4.61. The van der Waals surface area contributed by atoms with E-state index in [-0.39, 0.29) is 11.8 Å². The molecule has 0 radical (unpaired) electrons. The van der Waals surface area contributed by atoms with Crippen LogP contribution in [-0.4, -0.2) is 28.9 Å². The van der Waals surface area contributed by atoms with Crippen LogP contribution in [0.3, 0.4) is 0 Å². The van der Waals surface area contributed by atoms with Gasteiger partial charge < -0.3 is 15.7 Å². The van der Waals surface area contributed by atoms with Crippen LogP contribution in [0.5, 0.6) is 0 Å². The molecule has 1 saturated carbocycles. The number of hydrogen-bond donors (Lipinski definition) is 3. The third kappa shape index (κ3) is 5.89. The lowest BCUT2D eigenvalue weighted by Gasteiger charge is -2.19. The van der Waals surface area contributed by atoms with Gasteiger partial charge in [-0.3, -0.25) is 14.4 Å². The number of carboxylic acid groups (broad SMARTS) is 1. The summed E-state index contributed by atoms with van der Waals surface area (Å²) in [4.78, 5) is 35.1. The maximum absolute atomic E-state index is 12.4. The lowest BCUT2D eigenvalue weighted by Crippen LogP contribution is -2.38. The number of anilines is 1. The van der Waals surface area contributed by atoms with Gasteiger partial charge in [-0.15, -0.1) is 0 Å². The summed E-state index contributed by atoms with van der Waals surface area (Å²) in [6.45, 7) is 1.41. The molecule has 3 N–H and O–H groups in total. The Labute approximate surface area is 148 Å². The van der Waals surface area contributed by atoms with Gasteiger partial charge in [0.1, 0.15) is 6.04 Å². The number of carbonyl (C=O) groups excluding carboxylic acids is 2. The van der Waals surface area contributed by atoms with Crippen molar-refractivity contribution in [3.05, 3.63) is 29.8 Å². The summed E-state index contributed by atoms with van der Waals surface area (Å²) in [5.74, 6) is -1.44. The second-order valence-corrected chi connectivity index (χ2v) is 6.64. The zero-order chi connectivity index (χ0) is 18.2. The molecular formula is C19H26N2O4. The highest BCUT2D eigenvalue weighted by Gasteiger charge is 2.20. The Balaban J connectivity index is 1.91. The molecule has 1 atom stereocenters. The summed E-state index contributed by atoms with van der Waals surface area (Å²) in [5.41, 5.74) is 1.01. The summed E-state index contributed by atoms with van der Waals surface area (Å²) in [5, 5.41) is 14.1. The second kappa shape index (κ2) is 9.20. The molecule has 1 aromatic rings. The number of benzene rings is 1. The van der Waals surface area contributed by atoms with Crippen LogP contribution < -0.4 is 10.6 Å². The van der Waals surface area contributed by atoms with E-state index in [1.807, 2.05) is 0 Å². The zero-order valence-electron chi connectivity index (χ0n) is 14.6. The van der Waals surface area contributed by atoms with Crippen molar-refractivity contribution in [3.63, 3.8) is 0 Å². The molecule has 136 valence electrons. The van der Waals surface area contributed by atoms with Gasteiger partial charge in [0.2, 0.25) is 5.91 Å². The smallest absolute Gasteiger partial charge is 0.325 e. The molecule has 1 aliphatic carbocycles. The Bertz CT molecular complexity index is 604. The summed E-state index contributed by atoms with van der Waals surface area (Å²) < 4.78 is 0. The molecular weight excluding hydrogens is 320 g/mol.